The highest BCUT2D eigenvalue weighted by Crippen LogP contribution is 2.26. The Bertz CT molecular complexity index is 664. The Labute approximate surface area is 138 Å². The normalized spacial score (nSPS) is 11.3. The van der Waals surface area contributed by atoms with Crippen LogP contribution in [0.4, 0.5) is 11.5 Å². The maximum Gasteiger partial charge on any atom is 0.176 e. The molecule has 0 amide bonds. The van der Waals surface area contributed by atoms with Crippen LogP contribution >= 0.6 is 35.4 Å². The van der Waals surface area contributed by atoms with E-state index in [9.17, 15) is 0 Å². The van der Waals surface area contributed by atoms with Gasteiger partial charge >= 0.3 is 0 Å². The Kier molecular flexibility index (Phi) is 4.76. The maximum atomic E-state index is 5.95. The van der Waals surface area contributed by atoms with E-state index in [4.69, 9.17) is 39.9 Å². The van der Waals surface area contributed by atoms with Crippen LogP contribution < -0.4 is 10.6 Å². The van der Waals surface area contributed by atoms with E-state index in [1.165, 1.54) is 0 Å². The number of nitrogens with zero attached hydrogens (tertiary/aromatic N) is 1. The van der Waals surface area contributed by atoms with Crippen molar-refractivity contribution in [3.63, 3.8) is 0 Å². The predicted molar refractivity (Wildman–Crippen MR) is 91.5 cm³/mol. The molecule has 1 heterocycles. The molecule has 4 nitrogen and oxygen atoms in total. The van der Waals surface area contributed by atoms with Crippen molar-refractivity contribution in [2.24, 2.45) is 0 Å². The van der Waals surface area contributed by atoms with Crippen molar-refractivity contribution in [2.75, 3.05) is 10.6 Å². The Hall–Kier alpha value is -1.30. The first-order valence-corrected chi connectivity index (χ1v) is 7.42. The molecule has 0 unspecified atom stereocenters. The van der Waals surface area contributed by atoms with Gasteiger partial charge in [-0.05, 0) is 30.4 Å². The van der Waals surface area contributed by atoms with Crippen molar-refractivity contribution in [1.29, 1.82) is 0 Å². The smallest absolute Gasteiger partial charge is 0.176 e. The van der Waals surface area contributed by atoms with Crippen molar-refractivity contribution in [1.82, 2.24) is 5.16 Å². The summed E-state index contributed by atoms with van der Waals surface area (Å²) in [4.78, 5) is 0. The molecule has 0 saturated carbocycles. The third kappa shape index (κ3) is 4.33. The number of rotatable bonds is 2. The lowest BCUT2D eigenvalue weighted by Gasteiger charge is -2.12. The van der Waals surface area contributed by atoms with E-state index in [0.717, 1.165) is 11.4 Å². The molecule has 112 valence electrons. The summed E-state index contributed by atoms with van der Waals surface area (Å²) in [5.41, 5.74) is 0.632. The number of benzene rings is 1. The van der Waals surface area contributed by atoms with Crippen molar-refractivity contribution in [2.45, 2.75) is 26.2 Å². The van der Waals surface area contributed by atoms with Gasteiger partial charge in [0.1, 0.15) is 5.76 Å². The summed E-state index contributed by atoms with van der Waals surface area (Å²) in [6.07, 6.45) is 0. The van der Waals surface area contributed by atoms with E-state index in [-0.39, 0.29) is 5.41 Å². The quantitative estimate of drug-likeness (QED) is 0.744. The van der Waals surface area contributed by atoms with E-state index in [1.54, 1.807) is 18.2 Å². The number of anilines is 2. The number of hydrogen-bond donors (Lipinski definition) is 2. The van der Waals surface area contributed by atoms with Crippen LogP contribution in [0, 0.1) is 0 Å². The zero-order valence-corrected chi connectivity index (χ0v) is 14.2. The zero-order valence-electron chi connectivity index (χ0n) is 11.8. The Morgan fingerprint density at radius 1 is 1.14 bits per heavy atom. The third-order valence-electron chi connectivity index (χ3n) is 2.67. The molecule has 0 aliphatic heterocycles. The topological polar surface area (TPSA) is 50.1 Å². The van der Waals surface area contributed by atoms with Gasteiger partial charge in [-0.15, -0.1) is 0 Å². The lowest BCUT2D eigenvalue weighted by atomic mass is 9.93. The van der Waals surface area contributed by atoms with E-state index in [2.05, 4.69) is 15.8 Å². The molecule has 0 radical (unpaired) electrons. The number of thiocarbonyl (C=S) groups is 1. The highest BCUT2D eigenvalue weighted by Gasteiger charge is 2.19. The van der Waals surface area contributed by atoms with Crippen LogP contribution in [0.25, 0.3) is 0 Å². The fourth-order valence-corrected chi connectivity index (χ4v) is 2.06. The third-order valence-corrected chi connectivity index (χ3v) is 3.61. The second-order valence-electron chi connectivity index (χ2n) is 5.53. The molecule has 0 saturated heterocycles. The average Bonchev–Trinajstić information content (AvgIpc) is 2.82. The minimum Gasteiger partial charge on any atom is -0.359 e. The average molecular weight is 344 g/mol. The molecule has 0 fully saturated rings. The van der Waals surface area contributed by atoms with E-state index >= 15 is 0 Å². The molecule has 21 heavy (non-hydrogen) atoms. The first-order chi connectivity index (χ1) is 9.75. The van der Waals surface area contributed by atoms with Crippen molar-refractivity contribution < 1.29 is 4.52 Å². The van der Waals surface area contributed by atoms with Gasteiger partial charge in [-0.25, -0.2) is 0 Å². The van der Waals surface area contributed by atoms with Gasteiger partial charge in [0, 0.05) is 17.2 Å². The number of halogens is 2. The molecule has 2 aromatic rings. The fourth-order valence-electron chi connectivity index (χ4n) is 1.54. The highest BCUT2D eigenvalue weighted by molar-refractivity contribution is 7.80. The van der Waals surface area contributed by atoms with Crippen molar-refractivity contribution in [3.05, 3.63) is 40.1 Å². The Morgan fingerprint density at radius 2 is 1.86 bits per heavy atom. The second-order valence-corrected chi connectivity index (χ2v) is 6.76. The van der Waals surface area contributed by atoms with Crippen LogP contribution in [0.15, 0.2) is 28.8 Å². The SMILES string of the molecule is CC(C)(C)c1cc(NC(=S)Nc2ccc(Cl)c(Cl)c2)no1. The molecule has 1 aromatic carbocycles. The minimum atomic E-state index is -0.105. The molecular weight excluding hydrogens is 329 g/mol. The number of nitrogens with one attached hydrogen (secondary N) is 2. The van der Waals surface area contributed by atoms with Gasteiger partial charge in [-0.3, -0.25) is 0 Å². The van der Waals surface area contributed by atoms with Crippen molar-refractivity contribution >= 4 is 52.0 Å². The second kappa shape index (κ2) is 6.22. The van der Waals surface area contributed by atoms with Gasteiger partial charge < -0.3 is 15.2 Å². The Morgan fingerprint density at radius 3 is 2.43 bits per heavy atom. The van der Waals surface area contributed by atoms with Crippen LogP contribution in [0.1, 0.15) is 26.5 Å². The monoisotopic (exact) mass is 343 g/mol. The van der Waals surface area contributed by atoms with E-state index < -0.39 is 0 Å². The molecule has 1 aromatic heterocycles. The van der Waals surface area contributed by atoms with Gasteiger partial charge in [0.05, 0.1) is 10.0 Å². The summed E-state index contributed by atoms with van der Waals surface area (Å²) in [6, 6.07) is 7.00. The first kappa shape index (κ1) is 16.1. The van der Waals surface area contributed by atoms with Gasteiger partial charge in [-0.2, -0.15) is 0 Å². The number of hydrogen-bond acceptors (Lipinski definition) is 3. The molecule has 7 heteroatoms. The molecule has 0 aliphatic rings. The maximum absolute atomic E-state index is 5.95. The van der Waals surface area contributed by atoms with Crippen LogP contribution in [0.3, 0.4) is 0 Å². The Balaban J connectivity index is 2.01. The molecule has 0 spiro atoms. The van der Waals surface area contributed by atoms with Gasteiger partial charge in [0.25, 0.3) is 0 Å². The van der Waals surface area contributed by atoms with Crippen LogP contribution in [-0.2, 0) is 5.41 Å². The predicted octanol–water partition coefficient (Wildman–Crippen LogP) is 5.09. The summed E-state index contributed by atoms with van der Waals surface area (Å²) in [5.74, 6) is 1.33. The van der Waals surface area contributed by atoms with Gasteiger partial charge in [0.15, 0.2) is 10.9 Å². The molecule has 0 atom stereocenters. The lowest BCUT2D eigenvalue weighted by Crippen LogP contribution is -2.19. The fraction of sp³-hybridized carbons (Fsp3) is 0.286. The lowest BCUT2D eigenvalue weighted by molar-refractivity contribution is 0.331. The highest BCUT2D eigenvalue weighted by atomic mass is 35.5. The summed E-state index contributed by atoms with van der Waals surface area (Å²) in [6.45, 7) is 6.14. The molecular formula is C14H15Cl2N3OS. The zero-order chi connectivity index (χ0) is 15.6. The minimum absolute atomic E-state index is 0.105. The molecule has 2 rings (SSSR count). The molecule has 2 N–H and O–H groups in total. The summed E-state index contributed by atoms with van der Waals surface area (Å²) in [7, 11) is 0. The van der Waals surface area contributed by atoms with Crippen molar-refractivity contribution in [3.8, 4) is 0 Å². The molecule has 0 bridgehead atoms. The standard InChI is InChI=1S/C14H15Cl2N3OS/c1-14(2,3)11-7-12(19-20-11)18-13(21)17-8-4-5-9(15)10(16)6-8/h4-7H,1-3H3,(H2,17,18,19,21). The van der Waals surface area contributed by atoms with Gasteiger partial charge in [0.2, 0.25) is 0 Å². The van der Waals surface area contributed by atoms with Crippen LogP contribution in [-0.4, -0.2) is 10.3 Å². The summed E-state index contributed by atoms with van der Waals surface area (Å²) >= 11 is 17.0. The van der Waals surface area contributed by atoms with E-state index in [1.807, 2.05) is 26.8 Å². The largest absolute Gasteiger partial charge is 0.359 e. The first-order valence-electron chi connectivity index (χ1n) is 6.26. The number of aromatic nitrogens is 1. The summed E-state index contributed by atoms with van der Waals surface area (Å²) in [5, 5.41) is 11.2. The van der Waals surface area contributed by atoms with E-state index in [0.29, 0.717) is 21.0 Å². The van der Waals surface area contributed by atoms with Crippen LogP contribution in [0.5, 0.6) is 0 Å². The van der Waals surface area contributed by atoms with Gasteiger partial charge in [-0.1, -0.05) is 49.1 Å². The van der Waals surface area contributed by atoms with Crippen LogP contribution in [0.2, 0.25) is 10.0 Å². The summed E-state index contributed by atoms with van der Waals surface area (Å²) < 4.78 is 5.28. The molecule has 0 aliphatic carbocycles.